The first kappa shape index (κ1) is 13.2. The van der Waals surface area contributed by atoms with Crippen LogP contribution in [0.1, 0.15) is 13.3 Å². The maximum absolute atomic E-state index is 11.1. The van der Waals surface area contributed by atoms with Gasteiger partial charge in [-0.2, -0.15) is 0 Å². The summed E-state index contributed by atoms with van der Waals surface area (Å²) in [4.78, 5) is 32.2. The Morgan fingerprint density at radius 3 is 2.47 bits per heavy atom. The number of carbonyl (C=O) groups excluding carboxylic acids is 2. The van der Waals surface area contributed by atoms with E-state index in [1.807, 2.05) is 0 Å². The Hall–Kier alpha value is -1.85. The van der Waals surface area contributed by atoms with E-state index >= 15 is 0 Å². The molecule has 15 heavy (non-hydrogen) atoms. The molecule has 2 amide bonds. The first-order valence-corrected chi connectivity index (χ1v) is 4.35. The van der Waals surface area contributed by atoms with E-state index in [9.17, 15) is 14.4 Å². The van der Waals surface area contributed by atoms with Gasteiger partial charge in [0.25, 0.3) is 0 Å². The summed E-state index contributed by atoms with van der Waals surface area (Å²) < 4.78 is 0. The Morgan fingerprint density at radius 2 is 2.07 bits per heavy atom. The lowest BCUT2D eigenvalue weighted by Crippen LogP contribution is -2.44. The van der Waals surface area contributed by atoms with Gasteiger partial charge in [-0.3, -0.25) is 9.59 Å². The van der Waals surface area contributed by atoms with Gasteiger partial charge in [0.15, 0.2) is 0 Å². The Balaban J connectivity index is 4.05. The molecule has 0 fully saturated rings. The fourth-order valence-corrected chi connectivity index (χ4v) is 0.838. The van der Waals surface area contributed by atoms with Crippen LogP contribution in [0.15, 0.2) is 12.7 Å². The van der Waals surface area contributed by atoms with Crippen molar-refractivity contribution in [1.82, 2.24) is 10.6 Å². The zero-order valence-corrected chi connectivity index (χ0v) is 8.45. The van der Waals surface area contributed by atoms with Crippen LogP contribution in [0, 0.1) is 0 Å². The van der Waals surface area contributed by atoms with Crippen LogP contribution in [0.2, 0.25) is 0 Å². The first-order valence-electron chi connectivity index (χ1n) is 4.35. The van der Waals surface area contributed by atoms with Gasteiger partial charge in [0.2, 0.25) is 11.8 Å². The summed E-state index contributed by atoms with van der Waals surface area (Å²) >= 11 is 0. The zero-order valence-electron chi connectivity index (χ0n) is 8.45. The highest BCUT2D eigenvalue weighted by Gasteiger charge is 2.17. The molecule has 0 aromatic rings. The molecule has 6 nitrogen and oxygen atoms in total. The summed E-state index contributed by atoms with van der Waals surface area (Å²) in [6.45, 7) is 4.42. The fourth-order valence-electron chi connectivity index (χ4n) is 0.838. The number of amides is 2. The molecule has 0 aromatic carbocycles. The van der Waals surface area contributed by atoms with Crippen molar-refractivity contribution in [1.29, 1.82) is 0 Å². The fraction of sp³-hybridized carbons (Fsp3) is 0.444. The average Bonchev–Trinajstić information content (AvgIpc) is 2.14. The van der Waals surface area contributed by atoms with Crippen LogP contribution in [-0.2, 0) is 14.4 Å². The minimum absolute atomic E-state index is 0.140. The van der Waals surface area contributed by atoms with E-state index < -0.39 is 17.9 Å². The molecule has 0 radical (unpaired) electrons. The Morgan fingerprint density at radius 1 is 1.47 bits per heavy atom. The standard InChI is InChI=1S/C9H14N2O4/c1-3-4-7(9(14)15)11-8(13)5-10-6(2)12/h3,7H,1,4-5H2,2H3,(H,10,12)(H,11,13)(H,14,15). The molecule has 0 heterocycles. The van der Waals surface area contributed by atoms with Crippen molar-refractivity contribution in [3.8, 4) is 0 Å². The first-order chi connectivity index (χ1) is 6.97. The van der Waals surface area contributed by atoms with Crippen molar-refractivity contribution in [2.45, 2.75) is 19.4 Å². The molecule has 0 saturated carbocycles. The quantitative estimate of drug-likeness (QED) is 0.508. The summed E-state index contributed by atoms with van der Waals surface area (Å²) in [6, 6.07) is -0.997. The lowest BCUT2D eigenvalue weighted by atomic mass is 10.2. The Bertz CT molecular complexity index is 275. The van der Waals surface area contributed by atoms with E-state index in [1.54, 1.807) is 0 Å². The number of rotatable bonds is 6. The maximum atomic E-state index is 11.1. The van der Waals surface area contributed by atoms with Crippen molar-refractivity contribution in [2.75, 3.05) is 6.54 Å². The summed E-state index contributed by atoms with van der Waals surface area (Å²) in [5.41, 5.74) is 0. The molecular weight excluding hydrogens is 200 g/mol. The monoisotopic (exact) mass is 214 g/mol. The van der Waals surface area contributed by atoms with E-state index in [1.165, 1.54) is 13.0 Å². The molecule has 6 heteroatoms. The molecule has 1 unspecified atom stereocenters. The van der Waals surface area contributed by atoms with Crippen molar-refractivity contribution in [2.24, 2.45) is 0 Å². The van der Waals surface area contributed by atoms with Crippen LogP contribution < -0.4 is 10.6 Å². The molecule has 0 aliphatic carbocycles. The second kappa shape index (κ2) is 6.58. The van der Waals surface area contributed by atoms with Crippen LogP contribution in [0.4, 0.5) is 0 Å². The number of carboxylic acid groups (broad SMARTS) is 1. The highest BCUT2D eigenvalue weighted by Crippen LogP contribution is 1.92. The summed E-state index contributed by atoms with van der Waals surface area (Å²) in [7, 11) is 0. The third kappa shape index (κ3) is 6.25. The van der Waals surface area contributed by atoms with Gasteiger partial charge in [-0.05, 0) is 6.42 Å². The van der Waals surface area contributed by atoms with Crippen molar-refractivity contribution >= 4 is 17.8 Å². The lowest BCUT2D eigenvalue weighted by molar-refractivity contribution is -0.141. The van der Waals surface area contributed by atoms with Crippen molar-refractivity contribution in [3.05, 3.63) is 12.7 Å². The second-order valence-corrected chi connectivity index (χ2v) is 2.89. The largest absolute Gasteiger partial charge is 0.480 e. The number of carbonyl (C=O) groups is 3. The molecule has 0 spiro atoms. The van der Waals surface area contributed by atoms with Crippen LogP contribution in [0.3, 0.4) is 0 Å². The highest BCUT2D eigenvalue weighted by molar-refractivity contribution is 5.87. The highest BCUT2D eigenvalue weighted by atomic mass is 16.4. The van der Waals surface area contributed by atoms with Gasteiger partial charge >= 0.3 is 5.97 Å². The van der Waals surface area contributed by atoms with E-state index in [2.05, 4.69) is 17.2 Å². The van der Waals surface area contributed by atoms with Gasteiger partial charge in [0, 0.05) is 6.92 Å². The summed E-state index contributed by atoms with van der Waals surface area (Å²) in [6.07, 6.45) is 1.54. The Labute approximate surface area is 87.3 Å². The normalized spacial score (nSPS) is 11.3. The van der Waals surface area contributed by atoms with Gasteiger partial charge in [-0.25, -0.2) is 4.79 Å². The molecule has 1 atom stereocenters. The van der Waals surface area contributed by atoms with Gasteiger partial charge in [0.1, 0.15) is 6.04 Å². The third-order valence-electron chi connectivity index (χ3n) is 1.53. The molecule has 0 rings (SSSR count). The van der Waals surface area contributed by atoms with Crippen LogP contribution in [0.5, 0.6) is 0 Å². The van der Waals surface area contributed by atoms with E-state index in [-0.39, 0.29) is 18.9 Å². The molecular formula is C9H14N2O4. The average molecular weight is 214 g/mol. The Kier molecular flexibility index (Phi) is 5.77. The summed E-state index contributed by atoms with van der Waals surface area (Å²) in [5, 5.41) is 13.2. The number of nitrogens with one attached hydrogen (secondary N) is 2. The van der Waals surface area contributed by atoms with Crippen LogP contribution in [0.25, 0.3) is 0 Å². The van der Waals surface area contributed by atoms with Gasteiger partial charge in [-0.15, -0.1) is 6.58 Å². The van der Waals surface area contributed by atoms with Crippen LogP contribution >= 0.6 is 0 Å². The predicted octanol–water partition coefficient (Wildman–Crippen LogP) is -0.732. The minimum Gasteiger partial charge on any atom is -0.480 e. The third-order valence-corrected chi connectivity index (χ3v) is 1.53. The van der Waals surface area contributed by atoms with E-state index in [4.69, 9.17) is 5.11 Å². The number of hydrogen-bond acceptors (Lipinski definition) is 3. The van der Waals surface area contributed by atoms with Gasteiger partial charge in [0.05, 0.1) is 6.54 Å². The second-order valence-electron chi connectivity index (χ2n) is 2.89. The molecule has 0 bridgehead atoms. The number of hydrogen-bond donors (Lipinski definition) is 3. The maximum Gasteiger partial charge on any atom is 0.326 e. The zero-order chi connectivity index (χ0) is 11.8. The lowest BCUT2D eigenvalue weighted by Gasteiger charge is -2.12. The van der Waals surface area contributed by atoms with Crippen molar-refractivity contribution < 1.29 is 19.5 Å². The van der Waals surface area contributed by atoms with Crippen LogP contribution in [-0.4, -0.2) is 35.5 Å². The topological polar surface area (TPSA) is 95.5 Å². The molecule has 0 aliphatic heterocycles. The van der Waals surface area contributed by atoms with Crippen molar-refractivity contribution in [3.63, 3.8) is 0 Å². The van der Waals surface area contributed by atoms with Gasteiger partial charge in [-0.1, -0.05) is 6.08 Å². The molecule has 0 aliphatic rings. The number of aliphatic carboxylic acids is 1. The molecule has 0 aromatic heterocycles. The van der Waals surface area contributed by atoms with E-state index in [0.29, 0.717) is 0 Å². The minimum atomic E-state index is -1.13. The predicted molar refractivity (Wildman–Crippen MR) is 53.1 cm³/mol. The smallest absolute Gasteiger partial charge is 0.326 e. The molecule has 0 saturated heterocycles. The molecule has 3 N–H and O–H groups in total. The van der Waals surface area contributed by atoms with Gasteiger partial charge < -0.3 is 15.7 Å². The molecule has 84 valence electrons. The number of carboxylic acids is 1. The SMILES string of the molecule is C=CCC(NC(=O)CNC(C)=O)C(=O)O. The summed E-state index contributed by atoms with van der Waals surface area (Å²) in [5.74, 6) is -2.02. The van der Waals surface area contributed by atoms with E-state index in [0.717, 1.165) is 0 Å².